The molecule has 0 aliphatic rings. The van der Waals surface area contributed by atoms with Crippen molar-refractivity contribution in [2.45, 2.75) is 0 Å². The lowest BCUT2D eigenvalue weighted by atomic mass is 10.1. The Morgan fingerprint density at radius 2 is 1.86 bits per heavy atom. The third kappa shape index (κ3) is 3.57. The van der Waals surface area contributed by atoms with Gasteiger partial charge >= 0.3 is 0 Å². The summed E-state index contributed by atoms with van der Waals surface area (Å²) in [4.78, 5) is 21.8. The predicted octanol–water partition coefficient (Wildman–Crippen LogP) is 1.77. The molecule has 0 aromatic heterocycles. The quantitative estimate of drug-likeness (QED) is 0.451. The standard InChI is InChI=1S/C14H11N3O5/c18-11-4-1-9(2-5-11)8-15-16-14(20)12-7-10(17(21)22)3-6-13(12)19/h1-8,18-19H,(H,16,20)/b15-8-. The van der Waals surface area contributed by atoms with Crippen molar-refractivity contribution in [2.75, 3.05) is 0 Å². The second kappa shape index (κ2) is 6.35. The first-order valence-corrected chi connectivity index (χ1v) is 6.07. The maximum Gasteiger partial charge on any atom is 0.275 e. The van der Waals surface area contributed by atoms with Gasteiger partial charge < -0.3 is 10.2 Å². The maximum absolute atomic E-state index is 11.8. The minimum atomic E-state index is -0.781. The van der Waals surface area contributed by atoms with Crippen LogP contribution in [0.25, 0.3) is 0 Å². The number of amides is 1. The van der Waals surface area contributed by atoms with Gasteiger partial charge in [-0.05, 0) is 35.9 Å². The van der Waals surface area contributed by atoms with Crippen molar-refractivity contribution in [3.63, 3.8) is 0 Å². The second-order valence-corrected chi connectivity index (χ2v) is 4.25. The minimum absolute atomic E-state index is 0.0997. The summed E-state index contributed by atoms with van der Waals surface area (Å²) in [6.07, 6.45) is 1.33. The minimum Gasteiger partial charge on any atom is -0.508 e. The molecule has 1 amide bonds. The van der Waals surface area contributed by atoms with Crippen molar-refractivity contribution in [3.05, 3.63) is 63.7 Å². The van der Waals surface area contributed by atoms with Gasteiger partial charge in [0.25, 0.3) is 11.6 Å². The number of benzene rings is 2. The van der Waals surface area contributed by atoms with E-state index in [0.29, 0.717) is 5.56 Å². The largest absolute Gasteiger partial charge is 0.508 e. The number of phenolic OH excluding ortho intramolecular Hbond substituents is 2. The number of nitrogens with zero attached hydrogens (tertiary/aromatic N) is 2. The molecule has 0 saturated heterocycles. The number of nitro benzene ring substituents is 1. The van der Waals surface area contributed by atoms with E-state index in [1.165, 1.54) is 18.3 Å². The van der Waals surface area contributed by atoms with Crippen LogP contribution < -0.4 is 5.43 Å². The first-order chi connectivity index (χ1) is 10.5. The zero-order chi connectivity index (χ0) is 16.1. The molecule has 2 aromatic rings. The summed E-state index contributed by atoms with van der Waals surface area (Å²) >= 11 is 0. The van der Waals surface area contributed by atoms with E-state index in [1.807, 2.05) is 0 Å². The number of non-ortho nitro benzene ring substituents is 1. The second-order valence-electron chi connectivity index (χ2n) is 4.25. The number of rotatable bonds is 4. The van der Waals surface area contributed by atoms with Crippen LogP contribution in [0.1, 0.15) is 15.9 Å². The highest BCUT2D eigenvalue weighted by atomic mass is 16.6. The molecular weight excluding hydrogens is 290 g/mol. The fourth-order valence-corrected chi connectivity index (χ4v) is 1.61. The van der Waals surface area contributed by atoms with E-state index >= 15 is 0 Å². The maximum atomic E-state index is 11.8. The van der Waals surface area contributed by atoms with Crippen molar-refractivity contribution >= 4 is 17.8 Å². The third-order valence-electron chi connectivity index (χ3n) is 2.71. The molecule has 0 atom stereocenters. The number of carbonyl (C=O) groups is 1. The molecule has 112 valence electrons. The number of aromatic hydroxyl groups is 2. The van der Waals surface area contributed by atoms with Gasteiger partial charge in [-0.3, -0.25) is 14.9 Å². The SMILES string of the molecule is O=C(N/N=C\c1ccc(O)cc1)c1cc([N+](=O)[O-])ccc1O. The highest BCUT2D eigenvalue weighted by molar-refractivity contribution is 5.97. The number of hydrazone groups is 1. The summed E-state index contributed by atoms with van der Waals surface area (Å²) < 4.78 is 0. The summed E-state index contributed by atoms with van der Waals surface area (Å²) in [7, 11) is 0. The molecule has 8 nitrogen and oxygen atoms in total. The summed E-state index contributed by atoms with van der Waals surface area (Å²) in [6, 6.07) is 9.18. The van der Waals surface area contributed by atoms with Crippen molar-refractivity contribution < 1.29 is 19.9 Å². The third-order valence-corrected chi connectivity index (χ3v) is 2.71. The summed E-state index contributed by atoms with van der Waals surface area (Å²) in [6.45, 7) is 0. The average molecular weight is 301 g/mol. The lowest BCUT2D eigenvalue weighted by molar-refractivity contribution is -0.384. The van der Waals surface area contributed by atoms with Gasteiger partial charge in [-0.15, -0.1) is 0 Å². The van der Waals surface area contributed by atoms with Gasteiger partial charge in [0.2, 0.25) is 0 Å². The van der Waals surface area contributed by atoms with Crippen molar-refractivity contribution in [1.29, 1.82) is 0 Å². The number of nitrogens with one attached hydrogen (secondary N) is 1. The van der Waals surface area contributed by atoms with E-state index in [1.54, 1.807) is 12.1 Å². The Hall–Kier alpha value is -3.42. The van der Waals surface area contributed by atoms with Gasteiger partial charge in [-0.2, -0.15) is 5.10 Å². The monoisotopic (exact) mass is 301 g/mol. The van der Waals surface area contributed by atoms with E-state index in [0.717, 1.165) is 18.2 Å². The molecule has 22 heavy (non-hydrogen) atoms. The number of carbonyl (C=O) groups excluding carboxylic acids is 1. The Bertz CT molecular complexity index is 741. The molecule has 2 aromatic carbocycles. The summed E-state index contributed by atoms with van der Waals surface area (Å²) in [5.41, 5.74) is 2.21. The van der Waals surface area contributed by atoms with Crippen LogP contribution in [0, 0.1) is 10.1 Å². The van der Waals surface area contributed by atoms with Gasteiger partial charge in [0.15, 0.2) is 0 Å². The smallest absolute Gasteiger partial charge is 0.275 e. The highest BCUT2D eigenvalue weighted by Gasteiger charge is 2.15. The number of phenols is 2. The van der Waals surface area contributed by atoms with E-state index in [-0.39, 0.29) is 22.7 Å². The van der Waals surface area contributed by atoms with Gasteiger partial charge in [-0.25, -0.2) is 5.43 Å². The first kappa shape index (κ1) is 15.0. The average Bonchev–Trinajstić information content (AvgIpc) is 2.49. The zero-order valence-corrected chi connectivity index (χ0v) is 11.1. The van der Waals surface area contributed by atoms with E-state index in [2.05, 4.69) is 10.5 Å². The van der Waals surface area contributed by atoms with E-state index in [9.17, 15) is 20.0 Å². The Morgan fingerprint density at radius 3 is 2.50 bits per heavy atom. The Labute approximate surface area is 124 Å². The van der Waals surface area contributed by atoms with Crippen molar-refractivity contribution in [1.82, 2.24) is 5.43 Å². The number of hydrogen-bond acceptors (Lipinski definition) is 6. The van der Waals surface area contributed by atoms with E-state index in [4.69, 9.17) is 5.11 Å². The fourth-order valence-electron chi connectivity index (χ4n) is 1.61. The van der Waals surface area contributed by atoms with Gasteiger partial charge in [0, 0.05) is 12.1 Å². The molecule has 0 aliphatic heterocycles. The van der Waals surface area contributed by atoms with Crippen LogP contribution in [0.3, 0.4) is 0 Å². The number of nitro groups is 1. The highest BCUT2D eigenvalue weighted by Crippen LogP contribution is 2.22. The van der Waals surface area contributed by atoms with Gasteiger partial charge in [-0.1, -0.05) is 0 Å². The zero-order valence-electron chi connectivity index (χ0n) is 11.1. The Balaban J connectivity index is 2.10. The Kier molecular flexibility index (Phi) is 4.33. The van der Waals surface area contributed by atoms with Gasteiger partial charge in [0.1, 0.15) is 11.5 Å². The Morgan fingerprint density at radius 1 is 1.18 bits per heavy atom. The molecule has 2 rings (SSSR count). The summed E-state index contributed by atoms with van der Waals surface area (Å²) in [5.74, 6) is -1.07. The lowest BCUT2D eigenvalue weighted by Gasteiger charge is -2.02. The molecular formula is C14H11N3O5. The molecule has 0 saturated carbocycles. The number of hydrogen-bond donors (Lipinski definition) is 3. The van der Waals surface area contributed by atoms with Crippen LogP contribution in [0.4, 0.5) is 5.69 Å². The van der Waals surface area contributed by atoms with Crippen LogP contribution in [-0.4, -0.2) is 27.3 Å². The van der Waals surface area contributed by atoms with Gasteiger partial charge in [0.05, 0.1) is 16.7 Å². The molecule has 0 spiro atoms. The van der Waals surface area contributed by atoms with E-state index < -0.39 is 10.8 Å². The van der Waals surface area contributed by atoms with Crippen LogP contribution in [0.2, 0.25) is 0 Å². The molecule has 0 radical (unpaired) electrons. The predicted molar refractivity (Wildman–Crippen MR) is 77.9 cm³/mol. The van der Waals surface area contributed by atoms with Crippen LogP contribution in [0.5, 0.6) is 11.5 Å². The molecule has 0 aliphatic carbocycles. The van der Waals surface area contributed by atoms with Crippen molar-refractivity contribution in [2.24, 2.45) is 5.10 Å². The fraction of sp³-hybridized carbons (Fsp3) is 0. The molecule has 0 unspecified atom stereocenters. The van der Waals surface area contributed by atoms with Crippen LogP contribution in [0.15, 0.2) is 47.6 Å². The normalized spacial score (nSPS) is 10.5. The van der Waals surface area contributed by atoms with Crippen LogP contribution in [-0.2, 0) is 0 Å². The lowest BCUT2D eigenvalue weighted by Crippen LogP contribution is -2.17. The summed E-state index contributed by atoms with van der Waals surface area (Å²) in [5, 5.41) is 33.0. The van der Waals surface area contributed by atoms with Crippen LogP contribution >= 0.6 is 0 Å². The molecule has 0 bridgehead atoms. The molecule has 3 N–H and O–H groups in total. The molecule has 8 heteroatoms. The first-order valence-electron chi connectivity index (χ1n) is 6.07. The molecule has 0 heterocycles. The van der Waals surface area contributed by atoms with Crippen molar-refractivity contribution in [3.8, 4) is 11.5 Å². The molecule has 0 fully saturated rings. The topological polar surface area (TPSA) is 125 Å².